The van der Waals surface area contributed by atoms with E-state index in [9.17, 15) is 4.79 Å². The number of carbonyl (C=O) groups is 1. The van der Waals surface area contributed by atoms with Crippen LogP contribution < -0.4 is 4.90 Å². The lowest BCUT2D eigenvalue weighted by Crippen LogP contribution is -2.30. The first-order valence-electron chi connectivity index (χ1n) is 7.27. The summed E-state index contributed by atoms with van der Waals surface area (Å²) in [5.74, 6) is 0.572. The highest BCUT2D eigenvalue weighted by atomic mass is 16.5. The summed E-state index contributed by atoms with van der Waals surface area (Å²) < 4.78 is 4.95. The van der Waals surface area contributed by atoms with E-state index < -0.39 is 0 Å². The Balaban J connectivity index is 2.03. The summed E-state index contributed by atoms with van der Waals surface area (Å²) >= 11 is 0. The van der Waals surface area contributed by atoms with E-state index in [1.807, 2.05) is 6.07 Å². The number of pyridine rings is 1. The number of aliphatic hydroxyl groups is 1. The minimum atomic E-state index is -0.329. The van der Waals surface area contributed by atoms with Crippen LogP contribution in [-0.4, -0.2) is 41.9 Å². The largest absolute Gasteiger partial charge is 0.462 e. The van der Waals surface area contributed by atoms with Crippen LogP contribution in [0.5, 0.6) is 0 Å². The third-order valence-electron chi connectivity index (χ3n) is 3.63. The third-order valence-corrected chi connectivity index (χ3v) is 3.63. The zero-order chi connectivity index (χ0) is 14.4. The Morgan fingerprint density at radius 2 is 2.40 bits per heavy atom. The molecule has 20 heavy (non-hydrogen) atoms. The minimum absolute atomic E-state index is 0.236. The van der Waals surface area contributed by atoms with Crippen LogP contribution in [-0.2, 0) is 4.74 Å². The topological polar surface area (TPSA) is 62.7 Å². The predicted molar refractivity (Wildman–Crippen MR) is 76.9 cm³/mol. The molecule has 0 radical (unpaired) electrons. The summed E-state index contributed by atoms with van der Waals surface area (Å²) in [5.41, 5.74) is 0.488. The van der Waals surface area contributed by atoms with Crippen LogP contribution in [0.25, 0.3) is 0 Å². The number of nitrogens with zero attached hydrogens (tertiary/aromatic N) is 2. The summed E-state index contributed by atoms with van der Waals surface area (Å²) in [4.78, 5) is 18.2. The van der Waals surface area contributed by atoms with Gasteiger partial charge in [0.05, 0.1) is 12.2 Å². The molecule has 0 bridgehead atoms. The van der Waals surface area contributed by atoms with E-state index in [4.69, 9.17) is 9.84 Å². The van der Waals surface area contributed by atoms with E-state index in [1.54, 1.807) is 19.2 Å². The van der Waals surface area contributed by atoms with Crippen molar-refractivity contribution in [2.24, 2.45) is 0 Å². The second-order valence-electron chi connectivity index (χ2n) is 4.98. The molecule has 5 heteroatoms. The van der Waals surface area contributed by atoms with Gasteiger partial charge < -0.3 is 14.7 Å². The Labute approximate surface area is 119 Å². The van der Waals surface area contributed by atoms with Crippen molar-refractivity contribution in [3.05, 3.63) is 23.9 Å². The molecule has 1 aromatic rings. The van der Waals surface area contributed by atoms with Crippen molar-refractivity contribution in [3.63, 3.8) is 0 Å². The first-order valence-corrected chi connectivity index (χ1v) is 7.27. The molecule has 1 aliphatic heterocycles. The van der Waals surface area contributed by atoms with Crippen LogP contribution in [0.15, 0.2) is 18.3 Å². The Hall–Kier alpha value is -1.62. The monoisotopic (exact) mass is 278 g/mol. The van der Waals surface area contributed by atoms with Crippen molar-refractivity contribution in [1.29, 1.82) is 0 Å². The summed E-state index contributed by atoms with van der Waals surface area (Å²) in [6.07, 6.45) is 5.67. The highest BCUT2D eigenvalue weighted by Crippen LogP contribution is 2.26. The first kappa shape index (κ1) is 14.8. The van der Waals surface area contributed by atoms with Gasteiger partial charge in [0.2, 0.25) is 0 Å². The lowest BCUT2D eigenvalue weighted by atomic mass is 10.1. The summed E-state index contributed by atoms with van der Waals surface area (Å²) in [6.45, 7) is 3.38. The maximum Gasteiger partial charge on any atom is 0.339 e. The quantitative estimate of drug-likeness (QED) is 0.806. The summed E-state index contributed by atoms with van der Waals surface area (Å²) in [7, 11) is 0. The maximum absolute atomic E-state index is 11.6. The van der Waals surface area contributed by atoms with Crippen molar-refractivity contribution >= 4 is 11.8 Å². The highest BCUT2D eigenvalue weighted by Gasteiger charge is 2.25. The predicted octanol–water partition coefficient (Wildman–Crippen LogP) is 2.00. The maximum atomic E-state index is 11.6. The number of aromatic nitrogens is 1. The minimum Gasteiger partial charge on any atom is -0.462 e. The van der Waals surface area contributed by atoms with E-state index in [0.717, 1.165) is 38.0 Å². The molecule has 1 atom stereocenters. The third kappa shape index (κ3) is 3.48. The number of esters is 1. The van der Waals surface area contributed by atoms with Gasteiger partial charge >= 0.3 is 5.97 Å². The van der Waals surface area contributed by atoms with E-state index in [1.165, 1.54) is 0 Å². The van der Waals surface area contributed by atoms with Gasteiger partial charge in [0.15, 0.2) is 0 Å². The molecule has 110 valence electrons. The van der Waals surface area contributed by atoms with Gasteiger partial charge in [-0.05, 0) is 44.7 Å². The molecule has 0 spiro atoms. The van der Waals surface area contributed by atoms with Crippen LogP contribution >= 0.6 is 0 Å². The molecule has 2 rings (SSSR count). The molecular weight excluding hydrogens is 256 g/mol. The molecule has 1 aliphatic rings. The number of hydrogen-bond acceptors (Lipinski definition) is 5. The fraction of sp³-hybridized carbons (Fsp3) is 0.600. The molecule has 1 unspecified atom stereocenters. The molecule has 1 fully saturated rings. The van der Waals surface area contributed by atoms with Crippen molar-refractivity contribution < 1.29 is 14.6 Å². The van der Waals surface area contributed by atoms with Crippen LogP contribution in [0.4, 0.5) is 5.82 Å². The van der Waals surface area contributed by atoms with Gasteiger partial charge in [-0.1, -0.05) is 0 Å². The van der Waals surface area contributed by atoms with Crippen LogP contribution in [0.3, 0.4) is 0 Å². The second kappa shape index (κ2) is 7.24. The van der Waals surface area contributed by atoms with E-state index in [-0.39, 0.29) is 12.6 Å². The number of aliphatic hydroxyl groups excluding tert-OH is 1. The van der Waals surface area contributed by atoms with Crippen molar-refractivity contribution in [2.45, 2.75) is 38.6 Å². The van der Waals surface area contributed by atoms with Gasteiger partial charge in [0, 0.05) is 25.4 Å². The number of hydrogen-bond donors (Lipinski definition) is 1. The fourth-order valence-electron chi connectivity index (χ4n) is 2.66. The van der Waals surface area contributed by atoms with Crippen LogP contribution in [0.2, 0.25) is 0 Å². The molecule has 5 nitrogen and oxygen atoms in total. The molecule has 0 saturated carbocycles. The van der Waals surface area contributed by atoms with Crippen molar-refractivity contribution in [1.82, 2.24) is 4.98 Å². The Morgan fingerprint density at radius 1 is 1.55 bits per heavy atom. The van der Waals surface area contributed by atoms with Crippen LogP contribution in [0, 0.1) is 0 Å². The molecule has 0 aliphatic carbocycles. The van der Waals surface area contributed by atoms with Crippen LogP contribution in [0.1, 0.15) is 43.0 Å². The fourth-order valence-corrected chi connectivity index (χ4v) is 2.66. The van der Waals surface area contributed by atoms with Gasteiger partial charge in [-0.2, -0.15) is 0 Å². The van der Waals surface area contributed by atoms with Gasteiger partial charge in [-0.3, -0.25) is 0 Å². The average molecular weight is 278 g/mol. The van der Waals surface area contributed by atoms with Gasteiger partial charge in [-0.15, -0.1) is 0 Å². The number of carbonyl (C=O) groups excluding carboxylic acids is 1. The first-order chi connectivity index (χ1) is 9.76. The molecule has 1 saturated heterocycles. The van der Waals surface area contributed by atoms with E-state index in [2.05, 4.69) is 9.88 Å². The van der Waals surface area contributed by atoms with Gasteiger partial charge in [0.25, 0.3) is 0 Å². The second-order valence-corrected chi connectivity index (χ2v) is 4.98. The molecule has 0 amide bonds. The van der Waals surface area contributed by atoms with E-state index >= 15 is 0 Å². The molecule has 1 aromatic heterocycles. The van der Waals surface area contributed by atoms with Gasteiger partial charge in [-0.25, -0.2) is 9.78 Å². The average Bonchev–Trinajstić information content (AvgIpc) is 2.94. The molecular formula is C15H22N2O3. The van der Waals surface area contributed by atoms with E-state index in [0.29, 0.717) is 18.2 Å². The zero-order valence-corrected chi connectivity index (χ0v) is 11.9. The smallest absolute Gasteiger partial charge is 0.339 e. The van der Waals surface area contributed by atoms with Crippen molar-refractivity contribution in [2.75, 3.05) is 24.7 Å². The number of rotatable bonds is 6. The SMILES string of the molecule is CCOC(=O)c1ccc(N2CCCC2CCCO)nc1. The lowest BCUT2D eigenvalue weighted by molar-refractivity contribution is 0.0526. The number of ether oxygens (including phenoxy) is 1. The standard InChI is InChI=1S/C15H22N2O3/c1-2-20-15(19)12-7-8-14(16-11-12)17-9-3-5-13(17)6-4-10-18/h7-8,11,13,18H,2-6,9-10H2,1H3. The zero-order valence-electron chi connectivity index (χ0n) is 11.9. The van der Waals surface area contributed by atoms with Crippen molar-refractivity contribution in [3.8, 4) is 0 Å². The highest BCUT2D eigenvalue weighted by molar-refractivity contribution is 5.89. The Bertz CT molecular complexity index is 433. The molecule has 2 heterocycles. The molecule has 0 aromatic carbocycles. The lowest BCUT2D eigenvalue weighted by Gasteiger charge is -2.25. The Kier molecular flexibility index (Phi) is 5.35. The normalized spacial score (nSPS) is 18.3. The number of anilines is 1. The Morgan fingerprint density at radius 3 is 3.05 bits per heavy atom. The molecule has 1 N–H and O–H groups in total. The summed E-state index contributed by atoms with van der Waals surface area (Å²) in [5, 5.41) is 8.95. The van der Waals surface area contributed by atoms with Gasteiger partial charge in [0.1, 0.15) is 5.82 Å². The summed E-state index contributed by atoms with van der Waals surface area (Å²) in [6, 6.07) is 4.09.